The van der Waals surface area contributed by atoms with Crippen molar-refractivity contribution in [2.24, 2.45) is 34.5 Å². The summed E-state index contributed by atoms with van der Waals surface area (Å²) in [6.45, 7) is 6.92. The van der Waals surface area contributed by atoms with Crippen LogP contribution >= 0.6 is 0 Å². The molecule has 6 rings (SSSR count). The fraction of sp³-hybridized carbons (Fsp3) is 0.897. The number of ether oxygens (including phenoxy) is 3. The van der Waals surface area contributed by atoms with Crippen molar-refractivity contribution in [3.63, 3.8) is 0 Å². The quantitative estimate of drug-likeness (QED) is 0.399. The van der Waals surface area contributed by atoms with Crippen LogP contribution in [0.1, 0.15) is 85.0 Å². The van der Waals surface area contributed by atoms with E-state index in [4.69, 9.17) is 14.2 Å². The van der Waals surface area contributed by atoms with E-state index in [0.29, 0.717) is 30.8 Å². The molecule has 0 bridgehead atoms. The van der Waals surface area contributed by atoms with Crippen LogP contribution in [0.5, 0.6) is 0 Å². The molecule has 2 aliphatic heterocycles. The summed E-state index contributed by atoms with van der Waals surface area (Å²) in [7, 11) is 0. The number of hydrogen-bond donors (Lipinski definition) is 3. The first kappa shape index (κ1) is 25.3. The van der Waals surface area contributed by atoms with E-state index in [1.54, 1.807) is 13.0 Å². The first-order valence-corrected chi connectivity index (χ1v) is 14.3. The van der Waals surface area contributed by atoms with Gasteiger partial charge < -0.3 is 29.5 Å². The molecule has 12 atom stereocenters. The van der Waals surface area contributed by atoms with Crippen molar-refractivity contribution < 1.29 is 34.3 Å². The van der Waals surface area contributed by atoms with E-state index >= 15 is 0 Å². The van der Waals surface area contributed by atoms with Gasteiger partial charge in [-0.1, -0.05) is 13.8 Å². The largest absolute Gasteiger partial charge is 0.458 e. The maximum atomic E-state index is 12.4. The average Bonchev–Trinajstić information content (AvgIpc) is 3.37. The van der Waals surface area contributed by atoms with Crippen molar-refractivity contribution in [3.05, 3.63) is 11.6 Å². The zero-order chi connectivity index (χ0) is 25.5. The van der Waals surface area contributed by atoms with Crippen molar-refractivity contribution in [2.45, 2.75) is 121 Å². The van der Waals surface area contributed by atoms with E-state index in [2.05, 4.69) is 13.8 Å². The normalized spacial score (nSPS) is 54.8. The molecule has 4 aliphatic carbocycles. The second-order valence-corrected chi connectivity index (χ2v) is 13.4. The van der Waals surface area contributed by atoms with Gasteiger partial charge in [-0.3, -0.25) is 0 Å². The molecule has 0 amide bonds. The molecule has 0 unspecified atom stereocenters. The number of fused-ring (bicyclic) bond motifs is 5. The van der Waals surface area contributed by atoms with E-state index in [9.17, 15) is 20.1 Å². The Morgan fingerprint density at radius 1 is 1.00 bits per heavy atom. The Labute approximate surface area is 214 Å². The smallest absolute Gasteiger partial charge is 0.331 e. The van der Waals surface area contributed by atoms with Crippen LogP contribution in [0.2, 0.25) is 0 Å². The van der Waals surface area contributed by atoms with E-state index in [1.165, 1.54) is 0 Å². The third kappa shape index (κ3) is 3.67. The maximum Gasteiger partial charge on any atom is 0.331 e. The molecule has 7 heteroatoms. The van der Waals surface area contributed by atoms with Crippen LogP contribution in [0.15, 0.2) is 11.6 Å². The van der Waals surface area contributed by atoms with E-state index in [-0.39, 0.29) is 28.8 Å². The summed E-state index contributed by atoms with van der Waals surface area (Å²) < 4.78 is 17.4. The van der Waals surface area contributed by atoms with Crippen molar-refractivity contribution in [1.29, 1.82) is 0 Å². The number of carbonyl (C=O) groups excluding carboxylic acids is 1. The second-order valence-electron chi connectivity index (χ2n) is 13.4. The highest BCUT2D eigenvalue weighted by molar-refractivity contribution is 5.85. The molecule has 5 fully saturated rings. The van der Waals surface area contributed by atoms with Crippen molar-refractivity contribution in [2.75, 3.05) is 6.61 Å². The lowest BCUT2D eigenvalue weighted by atomic mass is 9.43. The van der Waals surface area contributed by atoms with Gasteiger partial charge in [-0.05, 0) is 99.4 Å². The Morgan fingerprint density at radius 2 is 1.81 bits per heavy atom. The Kier molecular flexibility index (Phi) is 6.16. The zero-order valence-electron chi connectivity index (χ0n) is 22.0. The van der Waals surface area contributed by atoms with Crippen molar-refractivity contribution in [3.8, 4) is 0 Å². The van der Waals surface area contributed by atoms with Crippen molar-refractivity contribution >= 4 is 5.97 Å². The van der Waals surface area contributed by atoms with Gasteiger partial charge in [0.25, 0.3) is 0 Å². The minimum atomic E-state index is -0.856. The van der Waals surface area contributed by atoms with Gasteiger partial charge in [-0.15, -0.1) is 0 Å². The molecule has 2 heterocycles. The van der Waals surface area contributed by atoms with Crippen LogP contribution < -0.4 is 0 Å². The molecule has 3 N–H and O–H groups in total. The van der Waals surface area contributed by atoms with Gasteiger partial charge in [-0.2, -0.15) is 0 Å². The van der Waals surface area contributed by atoms with Gasteiger partial charge >= 0.3 is 5.97 Å². The SMILES string of the molecule is C[C@H]1O[C@@H](O[C@H]2CC[C@@]3(C)[C@H](CC[C@@H]4[C@@H]3CC[C@]3(C)[C@@H](C5=CC(=O)OC5)CC[C@]43O)C2)C[C@H](O)[C@@H]1O. The lowest BCUT2D eigenvalue weighted by Crippen LogP contribution is -2.62. The first-order valence-electron chi connectivity index (χ1n) is 14.3. The molecule has 0 aromatic heterocycles. The van der Waals surface area contributed by atoms with E-state index in [1.807, 2.05) is 0 Å². The number of rotatable bonds is 3. The van der Waals surface area contributed by atoms with Gasteiger partial charge in [-0.25, -0.2) is 4.79 Å². The summed E-state index contributed by atoms with van der Waals surface area (Å²) in [6, 6.07) is 0. The molecular formula is C29H44O7. The number of esters is 1. The van der Waals surface area contributed by atoms with E-state index in [0.717, 1.165) is 63.4 Å². The van der Waals surface area contributed by atoms with Crippen molar-refractivity contribution in [1.82, 2.24) is 0 Å². The second kappa shape index (κ2) is 8.77. The summed E-state index contributed by atoms with van der Waals surface area (Å²) in [5.41, 5.74) is 0.404. The minimum Gasteiger partial charge on any atom is -0.458 e. The molecule has 4 saturated carbocycles. The van der Waals surface area contributed by atoms with Crippen LogP contribution in [0, 0.1) is 34.5 Å². The number of aliphatic hydroxyl groups excluding tert-OH is 2. The van der Waals surface area contributed by atoms with Gasteiger partial charge in [0.05, 0.1) is 23.9 Å². The number of carbonyl (C=O) groups is 1. The standard InChI is InChI=1S/C29H44O7/c1-16-26(32)23(30)14-25(35-16)36-19-6-9-27(2)18(13-19)4-5-22-21(27)7-10-28(3)20(8-11-29(22,28)33)17-12-24(31)34-15-17/h12,16,18-23,25-26,30,32-33H,4-11,13-15H2,1-3H3/t16-,18-,19+,20-,21+,22-,23+,25+,26-,27+,28-,29+/m1/s1. The molecule has 0 spiro atoms. The van der Waals surface area contributed by atoms with Gasteiger partial charge in [0.15, 0.2) is 6.29 Å². The summed E-state index contributed by atoms with van der Waals surface area (Å²) in [5, 5.41) is 32.5. The summed E-state index contributed by atoms with van der Waals surface area (Å²) in [5.74, 6) is 1.37. The first-order chi connectivity index (χ1) is 17.0. The highest BCUT2D eigenvalue weighted by atomic mass is 16.7. The molecule has 7 nitrogen and oxygen atoms in total. The van der Waals surface area contributed by atoms with Crippen LogP contribution in [-0.4, -0.2) is 64.2 Å². The summed E-state index contributed by atoms with van der Waals surface area (Å²) in [4.78, 5) is 11.8. The molecule has 0 aromatic carbocycles. The molecule has 202 valence electrons. The van der Waals surface area contributed by atoms with Crippen LogP contribution in [0.4, 0.5) is 0 Å². The van der Waals surface area contributed by atoms with Gasteiger partial charge in [0.2, 0.25) is 0 Å². The third-order valence-electron chi connectivity index (χ3n) is 12.0. The molecule has 36 heavy (non-hydrogen) atoms. The van der Waals surface area contributed by atoms with E-state index < -0.39 is 30.2 Å². The van der Waals surface area contributed by atoms with Gasteiger partial charge in [0, 0.05) is 17.9 Å². The molecule has 6 aliphatic rings. The molecule has 0 aromatic rings. The highest BCUT2D eigenvalue weighted by Crippen LogP contribution is 2.70. The average molecular weight is 505 g/mol. The minimum absolute atomic E-state index is 0.110. The predicted molar refractivity (Wildman–Crippen MR) is 132 cm³/mol. The predicted octanol–water partition coefficient (Wildman–Crippen LogP) is 3.49. The van der Waals surface area contributed by atoms with Crippen LogP contribution in [0.25, 0.3) is 0 Å². The zero-order valence-corrected chi connectivity index (χ0v) is 22.0. The van der Waals surface area contributed by atoms with Gasteiger partial charge in [0.1, 0.15) is 12.7 Å². The molecule has 1 saturated heterocycles. The van der Waals surface area contributed by atoms with Crippen LogP contribution in [0.3, 0.4) is 0 Å². The fourth-order valence-corrected chi connectivity index (χ4v) is 9.82. The highest BCUT2D eigenvalue weighted by Gasteiger charge is 2.67. The topological polar surface area (TPSA) is 105 Å². The Morgan fingerprint density at radius 3 is 2.53 bits per heavy atom. The molecular weight excluding hydrogens is 460 g/mol. The monoisotopic (exact) mass is 504 g/mol. The maximum absolute atomic E-state index is 12.4. The third-order valence-corrected chi connectivity index (χ3v) is 12.0. The lowest BCUT2D eigenvalue weighted by Gasteiger charge is -2.63. The summed E-state index contributed by atoms with van der Waals surface area (Å²) >= 11 is 0. The number of cyclic esters (lactones) is 1. The Hall–Kier alpha value is -0.990. The van der Waals surface area contributed by atoms with Crippen LogP contribution in [-0.2, 0) is 19.0 Å². The molecule has 0 radical (unpaired) electrons. The summed E-state index contributed by atoms with van der Waals surface area (Å²) in [6.07, 6.45) is 8.64. The number of aliphatic hydroxyl groups is 3. The Bertz CT molecular complexity index is 907. The Balaban J connectivity index is 1.15. The fourth-order valence-electron chi connectivity index (χ4n) is 9.82. The number of hydrogen-bond acceptors (Lipinski definition) is 7. The lowest BCUT2D eigenvalue weighted by molar-refractivity contribution is -0.270.